The number of halogens is 1. The van der Waals surface area contributed by atoms with Crippen molar-refractivity contribution in [3.05, 3.63) is 39.3 Å². The van der Waals surface area contributed by atoms with Gasteiger partial charge in [0.05, 0.1) is 19.3 Å². The highest BCUT2D eigenvalue weighted by Gasteiger charge is 2.09. The largest absolute Gasteiger partial charge is 0.495 e. The lowest BCUT2D eigenvalue weighted by Crippen LogP contribution is -2.18. The van der Waals surface area contributed by atoms with Gasteiger partial charge in [0, 0.05) is 23.7 Å². The van der Waals surface area contributed by atoms with E-state index in [0.717, 1.165) is 10.6 Å². The van der Waals surface area contributed by atoms with Crippen LogP contribution in [0.4, 0.5) is 5.69 Å². The van der Waals surface area contributed by atoms with E-state index in [-0.39, 0.29) is 5.91 Å². The highest BCUT2D eigenvalue weighted by Crippen LogP contribution is 2.27. The molecule has 1 aromatic carbocycles. The minimum atomic E-state index is -0.142. The van der Waals surface area contributed by atoms with E-state index in [1.807, 2.05) is 0 Å². The number of carbonyl (C=O) groups excluding carboxylic acids is 1. The second-order valence-corrected chi connectivity index (χ2v) is 5.62. The quantitative estimate of drug-likeness (QED) is 0.891. The minimum absolute atomic E-state index is 0.142. The molecule has 0 aliphatic heterocycles. The van der Waals surface area contributed by atoms with Crippen LogP contribution in [0.2, 0.25) is 4.47 Å². The molecule has 5 nitrogen and oxygen atoms in total. The number of nitrogens with one attached hydrogen (secondary N) is 2. The van der Waals surface area contributed by atoms with Crippen LogP contribution >= 0.6 is 22.9 Å². The van der Waals surface area contributed by atoms with E-state index in [4.69, 9.17) is 16.3 Å². The van der Waals surface area contributed by atoms with Crippen LogP contribution < -0.4 is 15.4 Å². The molecule has 0 saturated carbocycles. The van der Waals surface area contributed by atoms with E-state index < -0.39 is 0 Å². The van der Waals surface area contributed by atoms with Gasteiger partial charge in [0.25, 0.3) is 5.91 Å². The van der Waals surface area contributed by atoms with Crippen molar-refractivity contribution >= 4 is 34.5 Å². The van der Waals surface area contributed by atoms with Crippen molar-refractivity contribution < 1.29 is 9.53 Å². The molecule has 0 atom stereocenters. The molecule has 0 fully saturated rings. The summed E-state index contributed by atoms with van der Waals surface area (Å²) in [7, 11) is 3.18. The summed E-state index contributed by atoms with van der Waals surface area (Å²) in [6, 6.07) is 5.22. The molecule has 0 saturated heterocycles. The predicted molar refractivity (Wildman–Crippen MR) is 80.8 cm³/mol. The van der Waals surface area contributed by atoms with Crippen LogP contribution in [0.1, 0.15) is 15.2 Å². The van der Waals surface area contributed by atoms with Crippen LogP contribution in [0.3, 0.4) is 0 Å². The SMILES string of the molecule is CNC(=O)c1ccc(OC)c(NCc2cnc(Cl)s2)c1. The molecule has 0 spiro atoms. The number of carbonyl (C=O) groups is 1. The molecular weight excluding hydrogens is 298 g/mol. The van der Waals surface area contributed by atoms with Crippen LogP contribution in [-0.2, 0) is 6.54 Å². The van der Waals surface area contributed by atoms with Gasteiger partial charge in [0.2, 0.25) is 0 Å². The van der Waals surface area contributed by atoms with Crippen LogP contribution in [0.25, 0.3) is 0 Å². The maximum Gasteiger partial charge on any atom is 0.251 e. The third kappa shape index (κ3) is 3.40. The van der Waals surface area contributed by atoms with Gasteiger partial charge in [0.1, 0.15) is 5.75 Å². The van der Waals surface area contributed by atoms with E-state index in [1.165, 1.54) is 11.3 Å². The highest BCUT2D eigenvalue weighted by atomic mass is 35.5. The molecule has 0 aliphatic rings. The third-order valence-corrected chi connectivity index (χ3v) is 3.78. The molecule has 0 unspecified atom stereocenters. The highest BCUT2D eigenvalue weighted by molar-refractivity contribution is 7.15. The average molecular weight is 312 g/mol. The molecular formula is C13H14ClN3O2S. The first-order valence-electron chi connectivity index (χ1n) is 5.88. The Labute approximate surface area is 125 Å². The van der Waals surface area contributed by atoms with Gasteiger partial charge in [-0.15, -0.1) is 11.3 Å². The van der Waals surface area contributed by atoms with Crippen LogP contribution in [0.15, 0.2) is 24.4 Å². The van der Waals surface area contributed by atoms with E-state index in [9.17, 15) is 4.79 Å². The normalized spacial score (nSPS) is 10.2. The van der Waals surface area contributed by atoms with Crippen molar-refractivity contribution in [1.82, 2.24) is 10.3 Å². The van der Waals surface area contributed by atoms with Gasteiger partial charge in [-0.2, -0.15) is 0 Å². The van der Waals surface area contributed by atoms with Crippen molar-refractivity contribution in [1.29, 1.82) is 0 Å². The molecule has 2 rings (SSSR count). The molecule has 106 valence electrons. The van der Waals surface area contributed by atoms with Gasteiger partial charge in [-0.25, -0.2) is 4.98 Å². The number of rotatable bonds is 5. The van der Waals surface area contributed by atoms with Gasteiger partial charge in [-0.3, -0.25) is 4.79 Å². The first-order chi connectivity index (χ1) is 9.63. The second-order valence-electron chi connectivity index (χ2n) is 3.93. The number of hydrogen-bond donors (Lipinski definition) is 2. The van der Waals surface area contributed by atoms with Crippen LogP contribution in [0, 0.1) is 0 Å². The molecule has 1 heterocycles. The molecule has 7 heteroatoms. The smallest absolute Gasteiger partial charge is 0.251 e. The summed E-state index contributed by atoms with van der Waals surface area (Å²) in [5.74, 6) is 0.532. The zero-order chi connectivity index (χ0) is 14.5. The van der Waals surface area contributed by atoms with Crippen LogP contribution in [0.5, 0.6) is 5.75 Å². The number of aromatic nitrogens is 1. The monoisotopic (exact) mass is 311 g/mol. The lowest BCUT2D eigenvalue weighted by molar-refractivity contribution is 0.0963. The number of thiazole rings is 1. The van der Waals surface area contributed by atoms with Gasteiger partial charge >= 0.3 is 0 Å². The molecule has 1 aromatic heterocycles. The van der Waals surface area contributed by atoms with Gasteiger partial charge in [0.15, 0.2) is 4.47 Å². The van der Waals surface area contributed by atoms with E-state index >= 15 is 0 Å². The Hall–Kier alpha value is -1.79. The Bertz CT molecular complexity index is 615. The van der Waals surface area contributed by atoms with Gasteiger partial charge < -0.3 is 15.4 Å². The Balaban J connectivity index is 2.17. The molecule has 0 radical (unpaired) electrons. The predicted octanol–water partition coefficient (Wildman–Crippen LogP) is 2.78. The summed E-state index contributed by atoms with van der Waals surface area (Å²) in [6.07, 6.45) is 1.72. The molecule has 2 aromatic rings. The number of amides is 1. The number of anilines is 1. The minimum Gasteiger partial charge on any atom is -0.495 e. The number of methoxy groups -OCH3 is 1. The fourth-order valence-electron chi connectivity index (χ4n) is 1.68. The third-order valence-electron chi connectivity index (χ3n) is 2.67. The van der Waals surface area contributed by atoms with Crippen molar-refractivity contribution in [2.24, 2.45) is 0 Å². The van der Waals surface area contributed by atoms with Crippen molar-refractivity contribution in [3.8, 4) is 5.75 Å². The summed E-state index contributed by atoms with van der Waals surface area (Å²) >= 11 is 7.20. The maximum atomic E-state index is 11.6. The Morgan fingerprint density at radius 1 is 1.50 bits per heavy atom. The summed E-state index contributed by atoms with van der Waals surface area (Å²) in [6.45, 7) is 0.567. The molecule has 0 bridgehead atoms. The Morgan fingerprint density at radius 3 is 2.90 bits per heavy atom. The summed E-state index contributed by atoms with van der Waals surface area (Å²) in [5.41, 5.74) is 1.32. The number of nitrogens with zero attached hydrogens (tertiary/aromatic N) is 1. The van der Waals surface area contributed by atoms with E-state index in [1.54, 1.807) is 38.6 Å². The topological polar surface area (TPSA) is 63.2 Å². The fraction of sp³-hybridized carbons (Fsp3) is 0.231. The molecule has 2 N–H and O–H groups in total. The molecule has 1 amide bonds. The van der Waals surface area contributed by atoms with Gasteiger partial charge in [-0.05, 0) is 18.2 Å². The zero-order valence-corrected chi connectivity index (χ0v) is 12.6. The lowest BCUT2D eigenvalue weighted by Gasteiger charge is -2.11. The fourth-order valence-corrected chi connectivity index (χ4v) is 2.60. The number of ether oxygens (including phenoxy) is 1. The van der Waals surface area contributed by atoms with E-state index in [0.29, 0.717) is 22.3 Å². The second kappa shape index (κ2) is 6.58. The van der Waals surface area contributed by atoms with Crippen molar-refractivity contribution in [3.63, 3.8) is 0 Å². The van der Waals surface area contributed by atoms with Crippen molar-refractivity contribution in [2.75, 3.05) is 19.5 Å². The summed E-state index contributed by atoms with van der Waals surface area (Å²) in [4.78, 5) is 16.6. The Kier molecular flexibility index (Phi) is 4.81. The standard InChI is InChI=1S/C13H14ClN3O2S/c1-15-12(18)8-3-4-11(19-2)10(5-8)16-6-9-7-17-13(14)20-9/h3-5,7,16H,6H2,1-2H3,(H,15,18). The average Bonchev–Trinajstić information content (AvgIpc) is 2.89. The van der Waals surface area contributed by atoms with E-state index in [2.05, 4.69) is 15.6 Å². The zero-order valence-electron chi connectivity index (χ0n) is 11.1. The maximum absolute atomic E-state index is 11.6. The number of hydrogen-bond acceptors (Lipinski definition) is 5. The Morgan fingerprint density at radius 2 is 2.30 bits per heavy atom. The first kappa shape index (κ1) is 14.6. The molecule has 0 aliphatic carbocycles. The first-order valence-corrected chi connectivity index (χ1v) is 7.07. The van der Waals surface area contributed by atoms with Crippen LogP contribution in [-0.4, -0.2) is 25.0 Å². The summed E-state index contributed by atoms with van der Waals surface area (Å²) in [5, 5.41) is 5.81. The molecule has 20 heavy (non-hydrogen) atoms. The van der Waals surface area contributed by atoms with Gasteiger partial charge in [-0.1, -0.05) is 11.6 Å². The number of benzene rings is 1. The van der Waals surface area contributed by atoms with Crippen molar-refractivity contribution in [2.45, 2.75) is 6.54 Å². The summed E-state index contributed by atoms with van der Waals surface area (Å²) < 4.78 is 5.78. The lowest BCUT2D eigenvalue weighted by atomic mass is 10.1.